The lowest BCUT2D eigenvalue weighted by atomic mass is 9.96. The molecule has 1 atom stereocenters. The number of benzene rings is 1. The molecule has 1 aliphatic rings. The maximum atomic E-state index is 12.0. The minimum atomic E-state index is -0.379. The van der Waals surface area contributed by atoms with E-state index in [1.54, 1.807) is 7.11 Å². The smallest absolute Gasteiger partial charge is 0.236 e. The number of likely N-dealkylation sites (tertiary alicyclic amines) is 1. The highest BCUT2D eigenvalue weighted by atomic mass is 16.5. The highest BCUT2D eigenvalue weighted by Crippen LogP contribution is 2.19. The molecule has 25 heavy (non-hydrogen) atoms. The monoisotopic (exact) mass is 347 g/mol. The van der Waals surface area contributed by atoms with E-state index in [4.69, 9.17) is 10.5 Å². The summed E-state index contributed by atoms with van der Waals surface area (Å²) in [5.74, 6) is 1.90. The third kappa shape index (κ3) is 6.67. The van der Waals surface area contributed by atoms with Gasteiger partial charge in [0.15, 0.2) is 0 Å². The van der Waals surface area contributed by atoms with Gasteiger partial charge in [-0.2, -0.15) is 0 Å². The van der Waals surface area contributed by atoms with E-state index in [-0.39, 0.29) is 11.9 Å². The molecule has 0 bridgehead atoms. The number of piperidine rings is 1. The van der Waals surface area contributed by atoms with Gasteiger partial charge in [0, 0.05) is 13.1 Å². The molecular weight excluding hydrogens is 314 g/mol. The van der Waals surface area contributed by atoms with Gasteiger partial charge in [0.05, 0.1) is 13.2 Å². The van der Waals surface area contributed by atoms with E-state index in [0.29, 0.717) is 11.8 Å². The van der Waals surface area contributed by atoms with E-state index >= 15 is 0 Å². The van der Waals surface area contributed by atoms with Crippen LogP contribution in [0.5, 0.6) is 5.75 Å². The minimum Gasteiger partial charge on any atom is -0.497 e. The molecule has 1 aliphatic heterocycles. The van der Waals surface area contributed by atoms with Crippen LogP contribution in [0, 0.1) is 11.8 Å². The van der Waals surface area contributed by atoms with Crippen molar-refractivity contribution in [3.8, 4) is 5.75 Å². The number of nitrogens with two attached hydrogens (primary N) is 1. The first kappa shape index (κ1) is 19.7. The number of ether oxygens (including phenoxy) is 1. The maximum absolute atomic E-state index is 12.0. The zero-order valence-electron chi connectivity index (χ0n) is 15.8. The van der Waals surface area contributed by atoms with Gasteiger partial charge >= 0.3 is 0 Å². The fourth-order valence-electron chi connectivity index (χ4n) is 3.33. The van der Waals surface area contributed by atoms with Gasteiger partial charge in [-0.1, -0.05) is 26.0 Å². The Kier molecular flexibility index (Phi) is 7.72. The normalized spacial score (nSPS) is 17.5. The van der Waals surface area contributed by atoms with E-state index < -0.39 is 0 Å². The molecule has 1 fully saturated rings. The van der Waals surface area contributed by atoms with Gasteiger partial charge in [0.1, 0.15) is 5.75 Å². The number of rotatable bonds is 8. The van der Waals surface area contributed by atoms with Crippen LogP contribution in [-0.4, -0.2) is 43.6 Å². The van der Waals surface area contributed by atoms with Gasteiger partial charge < -0.3 is 15.8 Å². The summed E-state index contributed by atoms with van der Waals surface area (Å²) in [5.41, 5.74) is 7.25. The Balaban J connectivity index is 1.68. The number of carbonyl (C=O) groups is 1. The fourth-order valence-corrected chi connectivity index (χ4v) is 3.33. The molecule has 0 unspecified atom stereocenters. The average Bonchev–Trinajstić information content (AvgIpc) is 2.61. The summed E-state index contributed by atoms with van der Waals surface area (Å²) in [7, 11) is 1.69. The molecule has 0 saturated carbocycles. The first-order valence-electron chi connectivity index (χ1n) is 9.36. The molecule has 140 valence electrons. The first-order chi connectivity index (χ1) is 12.0. The molecule has 0 aliphatic carbocycles. The van der Waals surface area contributed by atoms with Crippen molar-refractivity contribution in [1.82, 2.24) is 10.2 Å². The second-order valence-corrected chi connectivity index (χ2v) is 7.55. The Morgan fingerprint density at radius 1 is 1.28 bits per heavy atom. The van der Waals surface area contributed by atoms with Gasteiger partial charge in [-0.15, -0.1) is 0 Å². The molecule has 5 nitrogen and oxygen atoms in total. The second-order valence-electron chi connectivity index (χ2n) is 7.55. The number of nitrogens with zero attached hydrogens (tertiary/aromatic N) is 1. The summed E-state index contributed by atoms with van der Waals surface area (Å²) >= 11 is 0. The largest absolute Gasteiger partial charge is 0.497 e. The molecule has 1 amide bonds. The van der Waals surface area contributed by atoms with Crippen LogP contribution in [0.2, 0.25) is 0 Å². The van der Waals surface area contributed by atoms with Gasteiger partial charge in [-0.05, 0) is 61.9 Å². The Bertz CT molecular complexity index is 522. The van der Waals surface area contributed by atoms with Gasteiger partial charge in [0.25, 0.3) is 0 Å². The van der Waals surface area contributed by atoms with Crippen molar-refractivity contribution >= 4 is 5.91 Å². The number of hydrogen-bond donors (Lipinski definition) is 2. The molecule has 1 saturated heterocycles. The van der Waals surface area contributed by atoms with E-state index in [1.807, 2.05) is 12.1 Å². The van der Waals surface area contributed by atoms with Crippen LogP contribution in [0.1, 0.15) is 38.7 Å². The molecular formula is C20H33N3O2. The molecule has 5 heteroatoms. The van der Waals surface area contributed by atoms with Crippen molar-refractivity contribution in [2.24, 2.45) is 17.6 Å². The Morgan fingerprint density at radius 2 is 1.92 bits per heavy atom. The van der Waals surface area contributed by atoms with Gasteiger partial charge in [-0.3, -0.25) is 9.69 Å². The Morgan fingerprint density at radius 3 is 2.48 bits per heavy atom. The van der Waals surface area contributed by atoms with Gasteiger partial charge in [-0.25, -0.2) is 0 Å². The lowest BCUT2D eigenvalue weighted by Crippen LogP contribution is -2.44. The molecule has 3 N–H and O–H groups in total. The predicted molar refractivity (Wildman–Crippen MR) is 101 cm³/mol. The van der Waals surface area contributed by atoms with Crippen LogP contribution >= 0.6 is 0 Å². The Labute approximate surface area is 151 Å². The number of methoxy groups -OCH3 is 1. The van der Waals surface area contributed by atoms with Gasteiger partial charge in [0.2, 0.25) is 5.91 Å². The number of amides is 1. The minimum absolute atomic E-state index is 0.00522. The summed E-state index contributed by atoms with van der Waals surface area (Å²) in [6, 6.07) is 7.90. The van der Waals surface area contributed by atoms with Crippen molar-refractivity contribution in [2.75, 3.05) is 26.7 Å². The SMILES string of the molecule is COc1ccc(CN2CCC(CNC(=O)[C@@H](N)CC(C)C)CC2)cc1. The predicted octanol–water partition coefficient (Wildman–Crippen LogP) is 2.40. The zero-order chi connectivity index (χ0) is 18.2. The maximum Gasteiger partial charge on any atom is 0.236 e. The van der Waals surface area contributed by atoms with Crippen LogP contribution in [0.25, 0.3) is 0 Å². The lowest BCUT2D eigenvalue weighted by molar-refractivity contribution is -0.122. The standard InChI is InChI=1S/C20H33N3O2/c1-15(2)12-19(21)20(24)22-13-16-8-10-23(11-9-16)14-17-4-6-18(25-3)7-5-17/h4-7,15-16,19H,8-14,21H2,1-3H3,(H,22,24)/t19-/m0/s1. The summed E-state index contributed by atoms with van der Waals surface area (Å²) in [6.45, 7) is 8.05. The molecule has 0 aromatic heterocycles. The highest BCUT2D eigenvalue weighted by Gasteiger charge is 2.21. The molecule has 0 spiro atoms. The van der Waals surface area contributed by atoms with Crippen molar-refractivity contribution < 1.29 is 9.53 Å². The summed E-state index contributed by atoms with van der Waals surface area (Å²) in [4.78, 5) is 14.5. The summed E-state index contributed by atoms with van der Waals surface area (Å²) in [6.07, 6.45) is 2.98. The molecule has 0 radical (unpaired) electrons. The van der Waals surface area contributed by atoms with Crippen molar-refractivity contribution in [1.29, 1.82) is 0 Å². The quantitative estimate of drug-likeness (QED) is 0.758. The van der Waals surface area contributed by atoms with E-state index in [1.165, 1.54) is 5.56 Å². The second kappa shape index (κ2) is 9.78. The van der Waals surface area contributed by atoms with E-state index in [2.05, 4.69) is 36.2 Å². The summed E-state index contributed by atoms with van der Waals surface area (Å²) in [5, 5.41) is 3.04. The third-order valence-corrected chi connectivity index (χ3v) is 4.90. The molecule has 1 aromatic carbocycles. The first-order valence-corrected chi connectivity index (χ1v) is 9.36. The van der Waals surface area contributed by atoms with E-state index in [0.717, 1.165) is 51.2 Å². The molecule has 1 aromatic rings. The van der Waals surface area contributed by atoms with Crippen LogP contribution < -0.4 is 15.8 Å². The molecule has 1 heterocycles. The van der Waals surface area contributed by atoms with Crippen molar-refractivity contribution in [3.05, 3.63) is 29.8 Å². The molecule has 2 rings (SSSR count). The fraction of sp³-hybridized carbons (Fsp3) is 0.650. The van der Waals surface area contributed by atoms with Crippen LogP contribution in [0.15, 0.2) is 24.3 Å². The lowest BCUT2D eigenvalue weighted by Gasteiger charge is -2.32. The van der Waals surface area contributed by atoms with Crippen molar-refractivity contribution in [2.45, 2.75) is 45.7 Å². The summed E-state index contributed by atoms with van der Waals surface area (Å²) < 4.78 is 5.20. The van der Waals surface area contributed by atoms with E-state index in [9.17, 15) is 4.79 Å². The number of carbonyl (C=O) groups excluding carboxylic acids is 1. The number of nitrogens with one attached hydrogen (secondary N) is 1. The Hall–Kier alpha value is -1.59. The van der Waals surface area contributed by atoms with Crippen LogP contribution in [0.3, 0.4) is 0 Å². The third-order valence-electron chi connectivity index (χ3n) is 4.90. The number of hydrogen-bond acceptors (Lipinski definition) is 4. The topological polar surface area (TPSA) is 67.6 Å². The van der Waals surface area contributed by atoms with Crippen LogP contribution in [0.4, 0.5) is 0 Å². The zero-order valence-corrected chi connectivity index (χ0v) is 15.8. The van der Waals surface area contributed by atoms with Crippen LogP contribution in [-0.2, 0) is 11.3 Å². The average molecular weight is 348 g/mol. The van der Waals surface area contributed by atoms with Crippen molar-refractivity contribution in [3.63, 3.8) is 0 Å². The highest BCUT2D eigenvalue weighted by molar-refractivity contribution is 5.81.